The van der Waals surface area contributed by atoms with E-state index in [0.29, 0.717) is 0 Å². The standard InChI is InChI=1S/C13H15NO/c1-11(9-10-14)3-4-12-5-7-13(15-2)8-6-12/h5-9H,3-4H2,1-2H3. The van der Waals surface area contributed by atoms with Crippen molar-refractivity contribution < 1.29 is 4.74 Å². The van der Waals surface area contributed by atoms with Gasteiger partial charge in [0.25, 0.3) is 0 Å². The van der Waals surface area contributed by atoms with Crippen molar-refractivity contribution in [1.82, 2.24) is 0 Å². The molecule has 0 saturated heterocycles. The van der Waals surface area contributed by atoms with Gasteiger partial charge in [-0.15, -0.1) is 0 Å². The normalized spacial score (nSPS) is 10.9. The van der Waals surface area contributed by atoms with Crippen molar-refractivity contribution >= 4 is 0 Å². The predicted octanol–water partition coefficient (Wildman–Crippen LogP) is 3.10. The second kappa shape index (κ2) is 5.87. The molecule has 1 aromatic carbocycles. The van der Waals surface area contributed by atoms with Gasteiger partial charge in [0.05, 0.1) is 13.2 Å². The molecule has 0 heterocycles. The van der Waals surface area contributed by atoms with Crippen molar-refractivity contribution in [2.45, 2.75) is 19.8 Å². The highest BCUT2D eigenvalue weighted by atomic mass is 16.5. The number of aryl methyl sites for hydroxylation is 1. The van der Waals surface area contributed by atoms with Crippen molar-refractivity contribution in [2.75, 3.05) is 7.11 Å². The monoisotopic (exact) mass is 201 g/mol. The molecule has 0 spiro atoms. The van der Waals surface area contributed by atoms with E-state index in [1.807, 2.05) is 25.1 Å². The zero-order valence-corrected chi connectivity index (χ0v) is 9.16. The van der Waals surface area contributed by atoms with Gasteiger partial charge in [-0.25, -0.2) is 0 Å². The number of benzene rings is 1. The lowest BCUT2D eigenvalue weighted by atomic mass is 10.1. The van der Waals surface area contributed by atoms with Gasteiger partial charge in [-0.2, -0.15) is 5.26 Å². The van der Waals surface area contributed by atoms with Crippen LogP contribution in [-0.4, -0.2) is 7.11 Å². The summed E-state index contributed by atoms with van der Waals surface area (Å²) >= 11 is 0. The van der Waals surface area contributed by atoms with Gasteiger partial charge in [0.2, 0.25) is 0 Å². The van der Waals surface area contributed by atoms with E-state index >= 15 is 0 Å². The van der Waals surface area contributed by atoms with Gasteiger partial charge in [-0.1, -0.05) is 17.7 Å². The molecular weight excluding hydrogens is 186 g/mol. The Morgan fingerprint density at radius 1 is 1.40 bits per heavy atom. The average Bonchev–Trinajstić information content (AvgIpc) is 2.27. The summed E-state index contributed by atoms with van der Waals surface area (Å²) in [6, 6.07) is 10.1. The summed E-state index contributed by atoms with van der Waals surface area (Å²) in [6.45, 7) is 1.98. The minimum absolute atomic E-state index is 0.878. The third-order valence-electron chi connectivity index (χ3n) is 2.28. The first kappa shape index (κ1) is 11.3. The molecular formula is C13H15NO. The zero-order valence-electron chi connectivity index (χ0n) is 9.16. The maximum atomic E-state index is 8.46. The summed E-state index contributed by atoms with van der Waals surface area (Å²) in [5.74, 6) is 0.878. The van der Waals surface area contributed by atoms with Crippen molar-refractivity contribution in [1.29, 1.82) is 5.26 Å². The van der Waals surface area contributed by atoms with Crippen molar-refractivity contribution in [3.63, 3.8) is 0 Å². The van der Waals surface area contributed by atoms with Gasteiger partial charge in [0.1, 0.15) is 5.75 Å². The van der Waals surface area contributed by atoms with Gasteiger partial charge < -0.3 is 4.74 Å². The van der Waals surface area contributed by atoms with Crippen LogP contribution in [0.1, 0.15) is 18.9 Å². The molecule has 0 bridgehead atoms. The third-order valence-corrected chi connectivity index (χ3v) is 2.28. The Kier molecular flexibility index (Phi) is 4.43. The molecule has 0 saturated carbocycles. The van der Waals surface area contributed by atoms with Crippen LogP contribution in [0.3, 0.4) is 0 Å². The minimum Gasteiger partial charge on any atom is -0.497 e. The Morgan fingerprint density at radius 3 is 2.60 bits per heavy atom. The number of ether oxygens (including phenoxy) is 1. The zero-order chi connectivity index (χ0) is 11.1. The average molecular weight is 201 g/mol. The summed E-state index contributed by atoms with van der Waals surface area (Å²) in [5.41, 5.74) is 2.38. The number of methoxy groups -OCH3 is 1. The number of hydrogen-bond donors (Lipinski definition) is 0. The van der Waals surface area contributed by atoms with Crippen molar-refractivity contribution in [2.24, 2.45) is 0 Å². The van der Waals surface area contributed by atoms with E-state index in [4.69, 9.17) is 10.00 Å². The van der Waals surface area contributed by atoms with Crippen LogP contribution in [0.4, 0.5) is 0 Å². The van der Waals surface area contributed by atoms with Crippen LogP contribution in [0.5, 0.6) is 5.75 Å². The van der Waals surface area contributed by atoms with Crippen LogP contribution in [-0.2, 0) is 6.42 Å². The molecule has 78 valence electrons. The summed E-state index contributed by atoms with van der Waals surface area (Å²) in [6.07, 6.45) is 3.50. The van der Waals surface area contributed by atoms with Crippen LogP contribution < -0.4 is 4.74 Å². The molecule has 0 fully saturated rings. The molecule has 0 aliphatic carbocycles. The molecule has 0 unspecified atom stereocenters. The Hall–Kier alpha value is -1.75. The lowest BCUT2D eigenvalue weighted by molar-refractivity contribution is 0.414. The van der Waals surface area contributed by atoms with Crippen LogP contribution in [0.2, 0.25) is 0 Å². The van der Waals surface area contributed by atoms with E-state index in [9.17, 15) is 0 Å². The number of nitriles is 1. The Balaban J connectivity index is 2.52. The Labute approximate surface area is 90.8 Å². The number of hydrogen-bond acceptors (Lipinski definition) is 2. The lowest BCUT2D eigenvalue weighted by Gasteiger charge is -2.03. The SMILES string of the molecule is COc1ccc(CCC(C)=CC#N)cc1. The predicted molar refractivity (Wildman–Crippen MR) is 60.7 cm³/mol. The fraction of sp³-hybridized carbons (Fsp3) is 0.308. The molecule has 2 nitrogen and oxygen atoms in total. The topological polar surface area (TPSA) is 33.0 Å². The summed E-state index contributed by atoms with van der Waals surface area (Å²) < 4.78 is 5.08. The summed E-state index contributed by atoms with van der Waals surface area (Å²) in [7, 11) is 1.66. The number of allylic oxidation sites excluding steroid dienone is 2. The minimum atomic E-state index is 0.878. The molecule has 0 aromatic heterocycles. The Morgan fingerprint density at radius 2 is 2.07 bits per heavy atom. The first-order chi connectivity index (χ1) is 7.26. The highest BCUT2D eigenvalue weighted by Gasteiger charge is 1.95. The number of rotatable bonds is 4. The fourth-order valence-corrected chi connectivity index (χ4v) is 1.32. The van der Waals surface area contributed by atoms with Crippen LogP contribution >= 0.6 is 0 Å². The fourth-order valence-electron chi connectivity index (χ4n) is 1.32. The van der Waals surface area contributed by atoms with E-state index in [1.165, 1.54) is 5.56 Å². The van der Waals surface area contributed by atoms with Gasteiger partial charge in [-0.05, 0) is 37.5 Å². The van der Waals surface area contributed by atoms with E-state index in [1.54, 1.807) is 13.2 Å². The molecule has 0 aliphatic rings. The summed E-state index contributed by atoms with van der Waals surface area (Å²) in [4.78, 5) is 0. The molecule has 0 atom stereocenters. The van der Waals surface area contributed by atoms with Crippen molar-refractivity contribution in [3.05, 3.63) is 41.5 Å². The van der Waals surface area contributed by atoms with Crippen LogP contribution in [0.15, 0.2) is 35.9 Å². The van der Waals surface area contributed by atoms with Gasteiger partial charge in [-0.3, -0.25) is 0 Å². The molecule has 0 radical (unpaired) electrons. The second-order valence-electron chi connectivity index (χ2n) is 3.47. The molecule has 15 heavy (non-hydrogen) atoms. The maximum Gasteiger partial charge on any atom is 0.118 e. The van der Waals surface area contributed by atoms with E-state index in [2.05, 4.69) is 12.1 Å². The van der Waals surface area contributed by atoms with Gasteiger partial charge >= 0.3 is 0 Å². The van der Waals surface area contributed by atoms with Crippen LogP contribution in [0, 0.1) is 11.3 Å². The van der Waals surface area contributed by atoms with Crippen molar-refractivity contribution in [3.8, 4) is 11.8 Å². The molecule has 1 rings (SSSR count). The van der Waals surface area contributed by atoms with E-state index in [-0.39, 0.29) is 0 Å². The summed E-state index contributed by atoms with van der Waals surface area (Å²) in [5, 5.41) is 8.46. The molecule has 0 N–H and O–H groups in total. The highest BCUT2D eigenvalue weighted by molar-refractivity contribution is 5.27. The lowest BCUT2D eigenvalue weighted by Crippen LogP contribution is -1.88. The molecule has 2 heteroatoms. The van der Waals surface area contributed by atoms with Gasteiger partial charge in [0, 0.05) is 6.08 Å². The smallest absolute Gasteiger partial charge is 0.118 e. The number of nitrogens with zero attached hydrogens (tertiary/aromatic N) is 1. The van der Waals surface area contributed by atoms with E-state index in [0.717, 1.165) is 24.2 Å². The maximum absolute atomic E-state index is 8.46. The highest BCUT2D eigenvalue weighted by Crippen LogP contribution is 2.14. The second-order valence-corrected chi connectivity index (χ2v) is 3.47. The van der Waals surface area contributed by atoms with E-state index < -0.39 is 0 Å². The molecule has 1 aromatic rings. The Bertz CT molecular complexity index is 371. The molecule has 0 amide bonds. The first-order valence-corrected chi connectivity index (χ1v) is 4.94. The quantitative estimate of drug-likeness (QED) is 0.701. The van der Waals surface area contributed by atoms with Gasteiger partial charge in [0.15, 0.2) is 0 Å². The van der Waals surface area contributed by atoms with Crippen LogP contribution in [0.25, 0.3) is 0 Å². The largest absolute Gasteiger partial charge is 0.497 e. The first-order valence-electron chi connectivity index (χ1n) is 4.94. The third kappa shape index (κ3) is 3.86. The molecule has 0 aliphatic heterocycles.